The van der Waals surface area contributed by atoms with E-state index in [1.807, 2.05) is 6.92 Å². The molecule has 0 aliphatic heterocycles. The van der Waals surface area contributed by atoms with E-state index in [-0.39, 0.29) is 23.7 Å². The molecular weight excluding hydrogens is 399 g/mol. The lowest BCUT2D eigenvalue weighted by Gasteiger charge is -2.14. The van der Waals surface area contributed by atoms with E-state index in [2.05, 4.69) is 10.6 Å². The summed E-state index contributed by atoms with van der Waals surface area (Å²) in [5.74, 6) is -0.911. The molecule has 4 nitrogen and oxygen atoms in total. The summed E-state index contributed by atoms with van der Waals surface area (Å²) in [6.07, 6.45) is 0. The van der Waals surface area contributed by atoms with E-state index in [0.29, 0.717) is 20.5 Å². The Balaban J connectivity index is 1.71. The molecule has 0 fully saturated rings. The zero-order chi connectivity index (χ0) is 20.3. The van der Waals surface area contributed by atoms with Gasteiger partial charge in [0.05, 0.1) is 26.5 Å². The van der Waals surface area contributed by atoms with Crippen molar-refractivity contribution in [2.45, 2.75) is 19.9 Å². The summed E-state index contributed by atoms with van der Waals surface area (Å²) in [7, 11) is 0. The van der Waals surface area contributed by atoms with Crippen LogP contribution in [0.5, 0.6) is 0 Å². The number of thiophene rings is 1. The van der Waals surface area contributed by atoms with Crippen LogP contribution in [-0.4, -0.2) is 11.8 Å². The molecule has 0 saturated carbocycles. The Labute approximate surface area is 171 Å². The molecule has 28 heavy (non-hydrogen) atoms. The molecular formula is C21H18ClFN2O2S. The second kappa shape index (κ2) is 8.54. The van der Waals surface area contributed by atoms with Crippen molar-refractivity contribution in [3.05, 3.63) is 87.0 Å². The molecule has 0 aliphatic carbocycles. The van der Waals surface area contributed by atoms with Gasteiger partial charge in [-0.05, 0) is 55.3 Å². The van der Waals surface area contributed by atoms with E-state index in [4.69, 9.17) is 11.6 Å². The second-order valence-corrected chi connectivity index (χ2v) is 7.76. The molecule has 1 atom stereocenters. The molecule has 1 unspecified atom stereocenters. The number of halogens is 2. The summed E-state index contributed by atoms with van der Waals surface area (Å²) in [6.45, 7) is 3.63. The molecule has 1 heterocycles. The molecule has 2 aromatic carbocycles. The average Bonchev–Trinajstić information content (AvgIpc) is 3.02. The number of amides is 2. The number of anilines is 1. The van der Waals surface area contributed by atoms with Crippen LogP contribution in [0.3, 0.4) is 0 Å². The first-order valence-corrected chi connectivity index (χ1v) is 9.77. The summed E-state index contributed by atoms with van der Waals surface area (Å²) in [6, 6.07) is 14.2. The van der Waals surface area contributed by atoms with Crippen LogP contribution < -0.4 is 10.6 Å². The van der Waals surface area contributed by atoms with Gasteiger partial charge in [-0.1, -0.05) is 35.9 Å². The van der Waals surface area contributed by atoms with Crippen molar-refractivity contribution in [1.82, 2.24) is 5.32 Å². The maximum atomic E-state index is 13.1. The Kier molecular flexibility index (Phi) is 6.11. The van der Waals surface area contributed by atoms with Crippen molar-refractivity contribution in [3.63, 3.8) is 0 Å². The van der Waals surface area contributed by atoms with Gasteiger partial charge in [0.2, 0.25) is 0 Å². The minimum atomic E-state index is -0.335. The fourth-order valence-electron chi connectivity index (χ4n) is 2.69. The maximum Gasteiger partial charge on any atom is 0.262 e. The van der Waals surface area contributed by atoms with Crippen LogP contribution in [-0.2, 0) is 0 Å². The number of benzene rings is 2. The minimum absolute atomic E-state index is 0.252. The van der Waals surface area contributed by atoms with Gasteiger partial charge >= 0.3 is 0 Å². The van der Waals surface area contributed by atoms with E-state index in [9.17, 15) is 14.0 Å². The van der Waals surface area contributed by atoms with Gasteiger partial charge in [0, 0.05) is 0 Å². The third-order valence-electron chi connectivity index (χ3n) is 4.20. The number of aryl methyl sites for hydroxylation is 1. The monoisotopic (exact) mass is 416 g/mol. The van der Waals surface area contributed by atoms with Crippen LogP contribution >= 0.6 is 22.9 Å². The van der Waals surface area contributed by atoms with Gasteiger partial charge in [-0.2, -0.15) is 0 Å². The number of carbonyl (C=O) groups excluding carboxylic acids is 2. The van der Waals surface area contributed by atoms with Gasteiger partial charge < -0.3 is 10.6 Å². The van der Waals surface area contributed by atoms with Crippen molar-refractivity contribution in [1.29, 1.82) is 0 Å². The van der Waals surface area contributed by atoms with E-state index in [1.54, 1.807) is 49.4 Å². The molecule has 0 saturated heterocycles. The topological polar surface area (TPSA) is 58.2 Å². The second-order valence-electron chi connectivity index (χ2n) is 6.30. The highest BCUT2D eigenvalue weighted by Crippen LogP contribution is 2.28. The lowest BCUT2D eigenvalue weighted by Crippen LogP contribution is -2.26. The molecule has 1 aromatic heterocycles. The van der Waals surface area contributed by atoms with Crippen LogP contribution in [0.15, 0.2) is 54.6 Å². The number of hydrogen-bond donors (Lipinski definition) is 2. The smallest absolute Gasteiger partial charge is 0.262 e. The summed E-state index contributed by atoms with van der Waals surface area (Å²) in [5.41, 5.74) is 1.92. The standard InChI is InChI=1S/C21H18ClFN2O2S/c1-12-11-18(25-20(26)16-5-3-4-6-17(16)22)28-19(12)21(27)24-13(2)14-7-9-15(23)10-8-14/h3-11,13H,1-2H3,(H,24,27)(H,25,26). The van der Waals surface area contributed by atoms with Gasteiger partial charge in [0.25, 0.3) is 11.8 Å². The number of rotatable bonds is 5. The molecule has 0 bridgehead atoms. The predicted octanol–water partition coefficient (Wildman–Crippen LogP) is 5.59. The molecule has 144 valence electrons. The lowest BCUT2D eigenvalue weighted by molar-refractivity contribution is 0.0942. The number of hydrogen-bond acceptors (Lipinski definition) is 3. The van der Waals surface area contributed by atoms with Crippen LogP contribution in [0.25, 0.3) is 0 Å². The van der Waals surface area contributed by atoms with Crippen LogP contribution in [0, 0.1) is 12.7 Å². The SMILES string of the molecule is Cc1cc(NC(=O)c2ccccc2Cl)sc1C(=O)NC(C)c1ccc(F)cc1. The lowest BCUT2D eigenvalue weighted by atomic mass is 10.1. The fraction of sp³-hybridized carbons (Fsp3) is 0.143. The Morgan fingerprint density at radius 1 is 1.07 bits per heavy atom. The Bertz CT molecular complexity index is 1020. The van der Waals surface area contributed by atoms with E-state index >= 15 is 0 Å². The van der Waals surface area contributed by atoms with Crippen LogP contribution in [0.1, 0.15) is 44.1 Å². The molecule has 7 heteroatoms. The molecule has 3 aromatic rings. The fourth-order valence-corrected chi connectivity index (χ4v) is 3.88. The average molecular weight is 417 g/mol. The molecule has 2 N–H and O–H groups in total. The van der Waals surface area contributed by atoms with Crippen molar-refractivity contribution in [3.8, 4) is 0 Å². The van der Waals surface area contributed by atoms with Gasteiger partial charge in [-0.3, -0.25) is 9.59 Å². The molecule has 0 radical (unpaired) electrons. The van der Waals surface area contributed by atoms with Gasteiger partial charge in [0.15, 0.2) is 0 Å². The van der Waals surface area contributed by atoms with Crippen molar-refractivity contribution in [2.75, 3.05) is 5.32 Å². The zero-order valence-corrected chi connectivity index (χ0v) is 16.8. The van der Waals surface area contributed by atoms with E-state index < -0.39 is 0 Å². The van der Waals surface area contributed by atoms with Gasteiger partial charge in [0.1, 0.15) is 5.82 Å². The minimum Gasteiger partial charge on any atom is -0.345 e. The zero-order valence-electron chi connectivity index (χ0n) is 15.3. The molecule has 0 aliphatic rings. The first kappa shape index (κ1) is 20.0. The summed E-state index contributed by atoms with van der Waals surface area (Å²) >= 11 is 7.24. The van der Waals surface area contributed by atoms with Crippen molar-refractivity contribution in [2.24, 2.45) is 0 Å². The number of carbonyl (C=O) groups is 2. The van der Waals surface area contributed by atoms with E-state index in [1.165, 1.54) is 23.5 Å². The quantitative estimate of drug-likeness (QED) is 0.569. The van der Waals surface area contributed by atoms with Crippen LogP contribution in [0.2, 0.25) is 5.02 Å². The summed E-state index contributed by atoms with van der Waals surface area (Å²) in [4.78, 5) is 25.5. The van der Waals surface area contributed by atoms with Gasteiger partial charge in [-0.15, -0.1) is 11.3 Å². The Morgan fingerprint density at radius 2 is 1.75 bits per heavy atom. The first-order valence-electron chi connectivity index (χ1n) is 8.58. The highest BCUT2D eigenvalue weighted by atomic mass is 35.5. The summed E-state index contributed by atoms with van der Waals surface area (Å²) in [5, 5.41) is 6.59. The molecule has 3 rings (SSSR count). The predicted molar refractivity (Wildman–Crippen MR) is 111 cm³/mol. The normalized spacial score (nSPS) is 11.7. The first-order chi connectivity index (χ1) is 13.3. The van der Waals surface area contributed by atoms with Crippen molar-refractivity contribution < 1.29 is 14.0 Å². The third kappa shape index (κ3) is 4.58. The Hall–Kier alpha value is -2.70. The molecule has 0 spiro atoms. The van der Waals surface area contributed by atoms with Crippen LogP contribution in [0.4, 0.5) is 9.39 Å². The molecule has 2 amide bonds. The maximum absolute atomic E-state index is 13.1. The van der Waals surface area contributed by atoms with Crippen molar-refractivity contribution >= 4 is 39.8 Å². The third-order valence-corrected chi connectivity index (χ3v) is 5.68. The van der Waals surface area contributed by atoms with E-state index in [0.717, 1.165) is 11.1 Å². The van der Waals surface area contributed by atoms with Gasteiger partial charge in [-0.25, -0.2) is 4.39 Å². The highest BCUT2D eigenvalue weighted by molar-refractivity contribution is 7.18. The largest absolute Gasteiger partial charge is 0.345 e. The summed E-state index contributed by atoms with van der Waals surface area (Å²) < 4.78 is 13.1. The number of nitrogens with one attached hydrogen (secondary N) is 2. The highest BCUT2D eigenvalue weighted by Gasteiger charge is 2.18. The Morgan fingerprint density at radius 3 is 2.43 bits per heavy atom.